The van der Waals surface area contributed by atoms with Crippen LogP contribution in [0.15, 0.2) is 24.3 Å². The zero-order chi connectivity index (χ0) is 16.4. The fraction of sp³-hybridized carbons (Fsp3) is 0.267. The van der Waals surface area contributed by atoms with Gasteiger partial charge in [0.1, 0.15) is 5.82 Å². The van der Waals surface area contributed by atoms with Crippen LogP contribution in [0.4, 0.5) is 15.2 Å². The number of nitrogens with zero attached hydrogens (tertiary/aromatic N) is 2. The van der Waals surface area contributed by atoms with E-state index in [0.717, 1.165) is 30.1 Å². The number of thiazole rings is 1. The van der Waals surface area contributed by atoms with E-state index in [0.29, 0.717) is 10.8 Å². The van der Waals surface area contributed by atoms with Crippen LogP contribution >= 0.6 is 11.3 Å². The summed E-state index contributed by atoms with van der Waals surface area (Å²) in [7, 11) is 2.02. The van der Waals surface area contributed by atoms with Gasteiger partial charge >= 0.3 is 11.8 Å². The number of likely N-dealkylation sites (N-methyl/N-ethyl adjacent to an activating group) is 1. The number of carbonyl (C=O) groups excluding carboxylic acids is 2. The number of rotatable bonds is 2. The van der Waals surface area contributed by atoms with Crippen LogP contribution in [0.3, 0.4) is 0 Å². The van der Waals surface area contributed by atoms with E-state index < -0.39 is 17.6 Å². The van der Waals surface area contributed by atoms with E-state index in [1.54, 1.807) is 0 Å². The summed E-state index contributed by atoms with van der Waals surface area (Å²) in [5.41, 5.74) is 1.33. The summed E-state index contributed by atoms with van der Waals surface area (Å²) in [4.78, 5) is 31.4. The summed E-state index contributed by atoms with van der Waals surface area (Å²) in [5.74, 6) is -2.03. The van der Waals surface area contributed by atoms with E-state index in [1.165, 1.54) is 35.6 Å². The van der Waals surface area contributed by atoms with Crippen molar-refractivity contribution in [2.24, 2.45) is 0 Å². The first-order valence-electron chi connectivity index (χ1n) is 7.06. The van der Waals surface area contributed by atoms with Crippen LogP contribution in [-0.4, -0.2) is 35.3 Å². The van der Waals surface area contributed by atoms with Gasteiger partial charge in [-0.05, 0) is 31.3 Å². The molecule has 1 aliphatic heterocycles. The Bertz CT molecular complexity index is 744. The highest BCUT2D eigenvalue weighted by Crippen LogP contribution is 2.27. The molecular weight excluding hydrogens is 319 g/mol. The SMILES string of the molecule is CN1CCc2nc(NC(=O)C(=O)Nc3ccc(F)cc3)sc2C1. The molecule has 2 heterocycles. The summed E-state index contributed by atoms with van der Waals surface area (Å²) >= 11 is 1.38. The third kappa shape index (κ3) is 3.72. The lowest BCUT2D eigenvalue weighted by atomic mass is 10.2. The van der Waals surface area contributed by atoms with Gasteiger partial charge in [0.25, 0.3) is 0 Å². The average Bonchev–Trinajstić information content (AvgIpc) is 2.90. The van der Waals surface area contributed by atoms with E-state index >= 15 is 0 Å². The van der Waals surface area contributed by atoms with Crippen LogP contribution in [-0.2, 0) is 22.6 Å². The Morgan fingerprint density at radius 3 is 2.65 bits per heavy atom. The van der Waals surface area contributed by atoms with Crippen molar-refractivity contribution < 1.29 is 14.0 Å². The fourth-order valence-electron chi connectivity index (χ4n) is 2.25. The number of amides is 2. The predicted molar refractivity (Wildman–Crippen MR) is 85.8 cm³/mol. The maximum Gasteiger partial charge on any atom is 0.315 e. The first-order valence-corrected chi connectivity index (χ1v) is 7.88. The molecule has 0 saturated heterocycles. The second kappa shape index (κ2) is 6.43. The first kappa shape index (κ1) is 15.6. The van der Waals surface area contributed by atoms with Crippen LogP contribution in [0.1, 0.15) is 10.6 Å². The van der Waals surface area contributed by atoms with Crippen LogP contribution in [0.2, 0.25) is 0 Å². The molecule has 120 valence electrons. The standard InChI is InChI=1S/C15H15FN4O2S/c1-20-7-6-11-12(8-20)23-15(18-11)19-14(22)13(21)17-10-4-2-9(16)3-5-10/h2-5H,6-8H2,1H3,(H,17,21)(H,18,19,22). The molecule has 8 heteroatoms. The van der Waals surface area contributed by atoms with Gasteiger partial charge in [-0.2, -0.15) is 0 Å². The Hall–Kier alpha value is -2.32. The Morgan fingerprint density at radius 1 is 1.22 bits per heavy atom. The minimum atomic E-state index is -0.818. The summed E-state index contributed by atoms with van der Waals surface area (Å²) in [6, 6.07) is 5.19. The zero-order valence-electron chi connectivity index (χ0n) is 12.4. The summed E-state index contributed by atoms with van der Waals surface area (Å²) in [6.45, 7) is 1.72. The highest BCUT2D eigenvalue weighted by atomic mass is 32.1. The molecule has 2 aromatic rings. The Morgan fingerprint density at radius 2 is 1.91 bits per heavy atom. The summed E-state index contributed by atoms with van der Waals surface area (Å²) < 4.78 is 12.8. The van der Waals surface area contributed by atoms with Crippen molar-refractivity contribution in [3.63, 3.8) is 0 Å². The van der Waals surface area contributed by atoms with Gasteiger partial charge < -0.3 is 10.2 Å². The van der Waals surface area contributed by atoms with Gasteiger partial charge in [-0.15, -0.1) is 11.3 Å². The second-order valence-electron chi connectivity index (χ2n) is 5.29. The van der Waals surface area contributed by atoms with Crippen molar-refractivity contribution in [3.05, 3.63) is 40.7 Å². The molecule has 1 aromatic heterocycles. The molecule has 2 amide bonds. The molecule has 0 atom stereocenters. The Balaban J connectivity index is 1.62. The van der Waals surface area contributed by atoms with Crippen LogP contribution in [0.5, 0.6) is 0 Å². The molecule has 0 aliphatic carbocycles. The molecule has 0 unspecified atom stereocenters. The maximum absolute atomic E-state index is 12.8. The van der Waals surface area contributed by atoms with Crippen LogP contribution in [0, 0.1) is 5.82 Å². The lowest BCUT2D eigenvalue weighted by Gasteiger charge is -2.20. The van der Waals surface area contributed by atoms with Gasteiger partial charge in [0, 0.05) is 30.1 Å². The van der Waals surface area contributed by atoms with Gasteiger partial charge in [-0.25, -0.2) is 9.37 Å². The minimum absolute atomic E-state index is 0.353. The fourth-order valence-corrected chi connectivity index (χ4v) is 3.34. The Labute approximate surface area is 136 Å². The molecule has 3 rings (SSSR count). The predicted octanol–water partition coefficient (Wildman–Crippen LogP) is 1.85. The van der Waals surface area contributed by atoms with E-state index in [2.05, 4.69) is 20.5 Å². The first-order chi connectivity index (χ1) is 11.0. The minimum Gasteiger partial charge on any atom is -0.318 e. The van der Waals surface area contributed by atoms with Gasteiger partial charge in [0.15, 0.2) is 5.13 Å². The molecule has 0 spiro atoms. The van der Waals surface area contributed by atoms with E-state index in [1.807, 2.05) is 7.05 Å². The molecule has 0 bridgehead atoms. The van der Waals surface area contributed by atoms with Crippen molar-refractivity contribution in [3.8, 4) is 0 Å². The number of benzene rings is 1. The maximum atomic E-state index is 12.8. The molecule has 1 aliphatic rings. The van der Waals surface area contributed by atoms with E-state index in [4.69, 9.17) is 0 Å². The number of carbonyl (C=O) groups is 2. The Kier molecular flexibility index (Phi) is 4.35. The second-order valence-corrected chi connectivity index (χ2v) is 6.38. The molecule has 23 heavy (non-hydrogen) atoms. The lowest BCUT2D eigenvalue weighted by molar-refractivity contribution is -0.132. The van der Waals surface area contributed by atoms with Gasteiger partial charge in [0.05, 0.1) is 5.69 Å². The molecular formula is C15H15FN4O2S. The molecule has 1 aromatic carbocycles. The number of aromatic nitrogens is 1. The number of hydrogen-bond acceptors (Lipinski definition) is 5. The number of anilines is 2. The smallest absolute Gasteiger partial charge is 0.315 e. The van der Waals surface area contributed by atoms with Crippen molar-refractivity contribution in [1.29, 1.82) is 0 Å². The molecule has 0 fully saturated rings. The van der Waals surface area contributed by atoms with Crippen LogP contribution in [0.25, 0.3) is 0 Å². The number of fused-ring (bicyclic) bond motifs is 1. The van der Waals surface area contributed by atoms with E-state index in [-0.39, 0.29) is 0 Å². The highest BCUT2D eigenvalue weighted by molar-refractivity contribution is 7.16. The van der Waals surface area contributed by atoms with Gasteiger partial charge in [-0.3, -0.25) is 14.9 Å². The van der Waals surface area contributed by atoms with Crippen molar-refractivity contribution >= 4 is 34.0 Å². The van der Waals surface area contributed by atoms with Crippen molar-refractivity contribution in [2.45, 2.75) is 13.0 Å². The van der Waals surface area contributed by atoms with Gasteiger partial charge in [-0.1, -0.05) is 0 Å². The molecule has 2 N–H and O–H groups in total. The normalized spacial score (nSPS) is 14.2. The number of halogens is 1. The third-order valence-corrected chi connectivity index (χ3v) is 4.45. The summed E-state index contributed by atoms with van der Waals surface area (Å²) in [5, 5.41) is 5.34. The summed E-state index contributed by atoms with van der Waals surface area (Å²) in [6.07, 6.45) is 0.833. The van der Waals surface area contributed by atoms with Gasteiger partial charge in [0.2, 0.25) is 0 Å². The lowest BCUT2D eigenvalue weighted by Crippen LogP contribution is -2.29. The van der Waals surface area contributed by atoms with Crippen molar-refractivity contribution in [2.75, 3.05) is 24.2 Å². The molecule has 0 saturated carbocycles. The average molecular weight is 334 g/mol. The largest absolute Gasteiger partial charge is 0.318 e. The topological polar surface area (TPSA) is 74.3 Å². The molecule has 6 nitrogen and oxygen atoms in total. The third-order valence-electron chi connectivity index (χ3n) is 3.45. The van der Waals surface area contributed by atoms with E-state index in [9.17, 15) is 14.0 Å². The number of nitrogens with one attached hydrogen (secondary N) is 2. The molecule has 0 radical (unpaired) electrons. The zero-order valence-corrected chi connectivity index (χ0v) is 13.2. The van der Waals surface area contributed by atoms with Crippen molar-refractivity contribution in [1.82, 2.24) is 9.88 Å². The quantitative estimate of drug-likeness (QED) is 0.822. The number of hydrogen-bond donors (Lipinski definition) is 2. The highest BCUT2D eigenvalue weighted by Gasteiger charge is 2.21. The van der Waals surface area contributed by atoms with Crippen LogP contribution < -0.4 is 10.6 Å². The monoisotopic (exact) mass is 334 g/mol.